The molecule has 2 nitrogen and oxygen atoms in total. The Morgan fingerprint density at radius 2 is 2.10 bits per heavy atom. The van der Waals surface area contributed by atoms with Gasteiger partial charge >= 0.3 is 0 Å². The first-order chi connectivity index (χ1) is 9.94. The van der Waals surface area contributed by atoms with E-state index in [-0.39, 0.29) is 5.54 Å². The first kappa shape index (κ1) is 16.5. The molecule has 21 heavy (non-hydrogen) atoms. The lowest BCUT2D eigenvalue weighted by Crippen LogP contribution is -2.35. The Labute approximate surface area is 136 Å². The van der Waals surface area contributed by atoms with Crippen molar-refractivity contribution in [2.45, 2.75) is 51.1 Å². The van der Waals surface area contributed by atoms with Crippen LogP contribution in [0.4, 0.5) is 0 Å². The number of nitrogens with zero attached hydrogens (tertiary/aromatic N) is 1. The van der Waals surface area contributed by atoms with E-state index in [4.69, 9.17) is 0 Å². The average molecular weight is 321 g/mol. The van der Waals surface area contributed by atoms with Crippen molar-refractivity contribution in [3.05, 3.63) is 45.9 Å². The summed E-state index contributed by atoms with van der Waals surface area (Å²) in [4.78, 5) is 7.07. The molecule has 0 saturated heterocycles. The normalized spacial score (nSPS) is 11.8. The van der Waals surface area contributed by atoms with Gasteiger partial charge in [-0.1, -0.05) is 12.1 Å². The molecule has 1 heterocycles. The van der Waals surface area contributed by atoms with Gasteiger partial charge in [-0.25, -0.2) is 4.98 Å². The third-order valence-electron chi connectivity index (χ3n) is 3.16. The van der Waals surface area contributed by atoms with E-state index >= 15 is 0 Å². The monoisotopic (exact) mass is 320 g/mol. The molecule has 0 spiro atoms. The number of nitrogens with one attached hydrogen (secondary N) is 1. The predicted molar refractivity (Wildman–Crippen MR) is 94.3 cm³/mol. The molecule has 0 radical (unpaired) electrons. The summed E-state index contributed by atoms with van der Waals surface area (Å²) in [6, 6.07) is 8.84. The molecule has 2 aromatic rings. The lowest BCUT2D eigenvalue weighted by atomic mass is 10.1. The molecule has 0 atom stereocenters. The van der Waals surface area contributed by atoms with E-state index < -0.39 is 0 Å². The first-order valence-electron chi connectivity index (χ1n) is 7.30. The predicted octanol–water partition coefficient (Wildman–Crippen LogP) is 4.67. The molecule has 0 bridgehead atoms. The van der Waals surface area contributed by atoms with E-state index in [0.717, 1.165) is 18.7 Å². The molecule has 4 heteroatoms. The number of thiazole rings is 1. The van der Waals surface area contributed by atoms with Crippen LogP contribution in [0.15, 0.2) is 34.7 Å². The highest BCUT2D eigenvalue weighted by Crippen LogP contribution is 2.22. The summed E-state index contributed by atoms with van der Waals surface area (Å²) in [5.74, 6) is 1.11. The van der Waals surface area contributed by atoms with Gasteiger partial charge in [-0.3, -0.25) is 0 Å². The average Bonchev–Trinajstić information content (AvgIpc) is 2.82. The Morgan fingerprint density at radius 1 is 1.29 bits per heavy atom. The van der Waals surface area contributed by atoms with Crippen molar-refractivity contribution in [1.82, 2.24) is 10.3 Å². The molecule has 0 aliphatic heterocycles. The third kappa shape index (κ3) is 5.81. The fraction of sp³-hybridized carbons (Fsp3) is 0.471. The van der Waals surface area contributed by atoms with Crippen LogP contribution in [0.3, 0.4) is 0 Å². The van der Waals surface area contributed by atoms with E-state index in [2.05, 4.69) is 62.3 Å². The van der Waals surface area contributed by atoms with Gasteiger partial charge in [-0.2, -0.15) is 0 Å². The molecular formula is C17H24N2S2. The number of aromatic nitrogens is 1. The van der Waals surface area contributed by atoms with Crippen molar-refractivity contribution in [3.8, 4) is 0 Å². The summed E-state index contributed by atoms with van der Waals surface area (Å²) >= 11 is 3.69. The standard InChI is InChI=1S/C17H24N2S2/c1-13-16(21-12-18-13)8-9-20-15-7-5-6-14(10-15)11-19-17(2,3)4/h5-7,10,12,19H,8-9,11H2,1-4H3. The van der Waals surface area contributed by atoms with Crippen molar-refractivity contribution in [2.75, 3.05) is 5.75 Å². The minimum absolute atomic E-state index is 0.160. The van der Waals surface area contributed by atoms with Gasteiger partial charge in [0.05, 0.1) is 11.2 Å². The third-order valence-corrected chi connectivity index (χ3v) is 5.15. The Hall–Kier alpha value is -0.840. The molecule has 0 saturated carbocycles. The summed E-state index contributed by atoms with van der Waals surface area (Å²) in [6.07, 6.45) is 1.10. The van der Waals surface area contributed by atoms with Crippen LogP contribution in [0.2, 0.25) is 0 Å². The molecule has 1 aromatic carbocycles. The SMILES string of the molecule is Cc1ncsc1CCSc1cccc(CNC(C)(C)C)c1. The highest BCUT2D eigenvalue weighted by molar-refractivity contribution is 7.99. The van der Waals surface area contributed by atoms with Crippen molar-refractivity contribution in [2.24, 2.45) is 0 Å². The smallest absolute Gasteiger partial charge is 0.0797 e. The largest absolute Gasteiger partial charge is 0.308 e. The molecule has 114 valence electrons. The molecule has 0 unspecified atom stereocenters. The van der Waals surface area contributed by atoms with Crippen molar-refractivity contribution in [3.63, 3.8) is 0 Å². The van der Waals surface area contributed by atoms with Crippen molar-refractivity contribution >= 4 is 23.1 Å². The highest BCUT2D eigenvalue weighted by atomic mass is 32.2. The fourth-order valence-corrected chi connectivity index (χ4v) is 3.80. The van der Waals surface area contributed by atoms with Crippen LogP contribution >= 0.6 is 23.1 Å². The Morgan fingerprint density at radius 3 is 2.76 bits per heavy atom. The van der Waals surface area contributed by atoms with Gasteiger partial charge in [0.25, 0.3) is 0 Å². The van der Waals surface area contributed by atoms with Crippen LogP contribution in [0.1, 0.15) is 36.9 Å². The number of aryl methyl sites for hydroxylation is 2. The zero-order valence-corrected chi connectivity index (χ0v) is 14.9. The Balaban J connectivity index is 1.85. The van der Waals surface area contributed by atoms with Crippen LogP contribution in [0.25, 0.3) is 0 Å². The lowest BCUT2D eigenvalue weighted by Gasteiger charge is -2.20. The summed E-state index contributed by atoms with van der Waals surface area (Å²) in [5.41, 5.74) is 4.63. The van der Waals surface area contributed by atoms with Crippen LogP contribution in [0, 0.1) is 6.92 Å². The lowest BCUT2D eigenvalue weighted by molar-refractivity contribution is 0.424. The quantitative estimate of drug-likeness (QED) is 0.783. The molecule has 1 aromatic heterocycles. The minimum atomic E-state index is 0.160. The van der Waals surface area contributed by atoms with E-state index in [1.54, 1.807) is 11.3 Å². The number of hydrogen-bond donors (Lipinski definition) is 1. The van der Waals surface area contributed by atoms with Crippen LogP contribution in [0.5, 0.6) is 0 Å². The van der Waals surface area contributed by atoms with E-state index in [9.17, 15) is 0 Å². The van der Waals surface area contributed by atoms with E-state index in [1.807, 2.05) is 17.3 Å². The second-order valence-corrected chi connectivity index (χ2v) is 8.32. The van der Waals surface area contributed by atoms with E-state index in [0.29, 0.717) is 0 Å². The molecule has 0 fully saturated rings. The number of thioether (sulfide) groups is 1. The van der Waals surface area contributed by atoms with Gasteiger partial charge in [0.1, 0.15) is 0 Å². The molecule has 0 amide bonds. The van der Waals surface area contributed by atoms with Crippen LogP contribution in [-0.4, -0.2) is 16.3 Å². The molecule has 2 rings (SSSR count). The number of benzene rings is 1. The van der Waals surface area contributed by atoms with Gasteiger partial charge < -0.3 is 5.32 Å². The Kier molecular flexibility index (Phi) is 5.85. The summed E-state index contributed by atoms with van der Waals surface area (Å²) in [7, 11) is 0. The number of hydrogen-bond acceptors (Lipinski definition) is 4. The molecule has 0 aliphatic carbocycles. The minimum Gasteiger partial charge on any atom is -0.308 e. The molecular weight excluding hydrogens is 296 g/mol. The first-order valence-corrected chi connectivity index (χ1v) is 9.16. The number of rotatable bonds is 6. The van der Waals surface area contributed by atoms with Crippen molar-refractivity contribution < 1.29 is 0 Å². The maximum Gasteiger partial charge on any atom is 0.0797 e. The van der Waals surface area contributed by atoms with Crippen LogP contribution < -0.4 is 5.32 Å². The molecule has 1 N–H and O–H groups in total. The topological polar surface area (TPSA) is 24.9 Å². The molecule has 0 aliphatic rings. The Bertz CT molecular complexity index is 570. The van der Waals surface area contributed by atoms with E-state index in [1.165, 1.54) is 21.0 Å². The maximum absolute atomic E-state index is 4.30. The fourth-order valence-electron chi connectivity index (χ4n) is 1.94. The second kappa shape index (κ2) is 7.43. The van der Waals surface area contributed by atoms with Gasteiger partial charge in [0.15, 0.2) is 0 Å². The van der Waals surface area contributed by atoms with Gasteiger partial charge in [-0.05, 0) is 51.8 Å². The summed E-state index contributed by atoms with van der Waals surface area (Å²) in [5, 5.41) is 3.54. The zero-order valence-electron chi connectivity index (χ0n) is 13.3. The van der Waals surface area contributed by atoms with Gasteiger partial charge in [-0.15, -0.1) is 23.1 Å². The summed E-state index contributed by atoms with van der Waals surface area (Å²) in [6.45, 7) is 9.61. The maximum atomic E-state index is 4.30. The summed E-state index contributed by atoms with van der Waals surface area (Å²) < 4.78 is 0. The van der Waals surface area contributed by atoms with Crippen molar-refractivity contribution in [1.29, 1.82) is 0 Å². The van der Waals surface area contributed by atoms with Crippen LogP contribution in [-0.2, 0) is 13.0 Å². The highest BCUT2D eigenvalue weighted by Gasteiger charge is 2.08. The van der Waals surface area contributed by atoms with Gasteiger partial charge in [0.2, 0.25) is 0 Å². The van der Waals surface area contributed by atoms with Gasteiger partial charge in [0, 0.05) is 27.6 Å². The zero-order chi connectivity index (χ0) is 15.3. The second-order valence-electron chi connectivity index (χ2n) is 6.21.